The maximum atomic E-state index is 13.8. The van der Waals surface area contributed by atoms with Crippen molar-refractivity contribution < 1.29 is 48.2 Å². The number of fused-ring (bicyclic) bond motifs is 3. The number of aliphatic hydroxyl groups excluding tert-OH is 1. The lowest BCUT2D eigenvalue weighted by molar-refractivity contribution is -0.384. The van der Waals surface area contributed by atoms with Crippen LogP contribution in [0.3, 0.4) is 0 Å². The minimum Gasteiger partial charge on any atom is -0.493 e. The third-order valence-corrected chi connectivity index (χ3v) is 11.5. The molecule has 2 aliphatic rings. The summed E-state index contributed by atoms with van der Waals surface area (Å²) in [6, 6.07) is 16.4. The number of thiophene rings is 1. The predicted molar refractivity (Wildman–Crippen MR) is 225 cm³/mol. The van der Waals surface area contributed by atoms with Gasteiger partial charge in [-0.3, -0.25) is 29.3 Å². The first-order valence-corrected chi connectivity index (χ1v) is 20.1. The molecular weight excluding hydrogens is 811 g/mol. The number of carbonyl (C=O) groups excluding carboxylic acids is 5. The monoisotopic (exact) mass is 853 g/mol. The molecule has 1 saturated heterocycles. The fourth-order valence-electron chi connectivity index (χ4n) is 7.23. The Morgan fingerprint density at radius 1 is 1.02 bits per heavy atom. The number of anilines is 3. The lowest BCUT2D eigenvalue weighted by Gasteiger charge is -2.31. The van der Waals surface area contributed by atoms with Gasteiger partial charge in [0.25, 0.3) is 23.4 Å². The van der Waals surface area contributed by atoms with Crippen LogP contribution in [0.25, 0.3) is 10.1 Å². The molecule has 2 unspecified atom stereocenters. The van der Waals surface area contributed by atoms with E-state index in [0.717, 1.165) is 15.0 Å². The lowest BCUT2D eigenvalue weighted by atomic mass is 10.1. The molecule has 2 aromatic heterocycles. The van der Waals surface area contributed by atoms with Gasteiger partial charge in [0.05, 0.1) is 46.4 Å². The van der Waals surface area contributed by atoms with Crippen molar-refractivity contribution >= 4 is 74.0 Å². The van der Waals surface area contributed by atoms with Gasteiger partial charge in [0.15, 0.2) is 17.7 Å². The van der Waals surface area contributed by atoms with Gasteiger partial charge in [0.1, 0.15) is 12.4 Å². The highest BCUT2D eigenvalue weighted by molar-refractivity contribution is 7.20. The van der Waals surface area contributed by atoms with Crippen molar-refractivity contribution in [3.63, 3.8) is 0 Å². The Balaban J connectivity index is 0.984. The average molecular weight is 854 g/mol. The second-order valence-electron chi connectivity index (χ2n) is 14.7. The molecule has 0 saturated carbocycles. The van der Waals surface area contributed by atoms with Crippen LogP contribution in [0.15, 0.2) is 72.9 Å². The maximum absolute atomic E-state index is 13.8. The van der Waals surface area contributed by atoms with E-state index in [1.54, 1.807) is 56.2 Å². The number of benzene rings is 3. The number of hydrogen-bond donors (Lipinski definition) is 3. The number of nitrogens with zero attached hydrogens (tertiary/aromatic N) is 5. The van der Waals surface area contributed by atoms with Gasteiger partial charge >= 0.3 is 6.09 Å². The van der Waals surface area contributed by atoms with E-state index < -0.39 is 29.2 Å². The van der Waals surface area contributed by atoms with Gasteiger partial charge < -0.3 is 44.3 Å². The number of methoxy groups -OCH3 is 1. The molecular formula is C42H43N7O11S. The molecule has 5 aromatic rings. The second-order valence-corrected chi connectivity index (χ2v) is 15.8. The topological polar surface area (TPSA) is 215 Å². The first-order valence-electron chi connectivity index (χ1n) is 19.3. The second kappa shape index (κ2) is 17.7. The minimum atomic E-state index is -1.46. The molecule has 7 rings (SSSR count). The minimum absolute atomic E-state index is 0.0263. The number of rotatable bonds is 13. The van der Waals surface area contributed by atoms with Gasteiger partial charge in [-0.1, -0.05) is 0 Å². The van der Waals surface area contributed by atoms with Crippen LogP contribution < -0.4 is 25.0 Å². The highest BCUT2D eigenvalue weighted by Crippen LogP contribution is 2.41. The van der Waals surface area contributed by atoms with Crippen LogP contribution >= 0.6 is 11.3 Å². The number of nitro groups is 1. The molecule has 18 nitrogen and oxygen atoms in total. The summed E-state index contributed by atoms with van der Waals surface area (Å²) >= 11 is 1.37. The Morgan fingerprint density at radius 2 is 1.79 bits per heavy atom. The van der Waals surface area contributed by atoms with Crippen molar-refractivity contribution in [3.8, 4) is 11.5 Å². The number of aliphatic hydroxyl groups is 1. The van der Waals surface area contributed by atoms with Crippen LogP contribution in [0.1, 0.15) is 61.6 Å². The van der Waals surface area contributed by atoms with E-state index in [0.29, 0.717) is 46.9 Å². The Morgan fingerprint density at radius 3 is 2.51 bits per heavy atom. The predicted octanol–water partition coefficient (Wildman–Crippen LogP) is 5.99. The van der Waals surface area contributed by atoms with Gasteiger partial charge in [0.2, 0.25) is 5.91 Å². The summed E-state index contributed by atoms with van der Waals surface area (Å²) in [5.41, 5.74) is 1.34. The van der Waals surface area contributed by atoms with Gasteiger partial charge in [-0.05, 0) is 78.7 Å². The first-order chi connectivity index (χ1) is 29.2. The van der Waals surface area contributed by atoms with Crippen molar-refractivity contribution in [2.75, 3.05) is 49.9 Å². The Kier molecular flexibility index (Phi) is 12.2. The molecule has 0 aliphatic carbocycles. The number of non-ortho nitro benzene ring substituents is 1. The summed E-state index contributed by atoms with van der Waals surface area (Å²) in [5.74, 6) is -0.492. The van der Waals surface area contributed by atoms with E-state index in [1.165, 1.54) is 64.6 Å². The summed E-state index contributed by atoms with van der Waals surface area (Å²) in [7, 11) is 6.47. The molecule has 1 fully saturated rings. The smallest absolute Gasteiger partial charge is 0.416 e. The largest absolute Gasteiger partial charge is 0.493 e. The quantitative estimate of drug-likeness (QED) is 0.0711. The molecule has 0 bridgehead atoms. The standard InChI is InChI=1S/C42H43N7O11S/c1-45(2)41(54)35-18-25-17-27(11-14-34(25)61-35)43-38(51)26-19-36(46(3)22-26)44-37(50)8-6-16-59-33-21-31-29(20-32(33)58-4)39(52)47-15-5-7-30(47)40(53)48(31)42(55)60-23-24-9-12-28(13-10-24)49(56)57/h9-14,17-22,30,40,53H,5-8,15-16,23H2,1-4H3,(H,43,51)(H,44,50). The molecule has 2 aliphatic heterocycles. The number of nitro benzene ring substituents is 1. The van der Waals surface area contributed by atoms with Crippen LogP contribution in [0.2, 0.25) is 0 Å². The number of ether oxygens (including phenoxy) is 3. The van der Waals surface area contributed by atoms with Crippen molar-refractivity contribution in [1.29, 1.82) is 0 Å². The number of aromatic nitrogens is 1. The van der Waals surface area contributed by atoms with Crippen molar-refractivity contribution in [2.45, 2.75) is 44.6 Å². The third kappa shape index (κ3) is 8.97. The molecule has 3 aromatic carbocycles. The Bertz CT molecular complexity index is 2530. The van der Waals surface area contributed by atoms with E-state index in [1.807, 2.05) is 6.07 Å². The molecule has 0 radical (unpaired) electrons. The summed E-state index contributed by atoms with van der Waals surface area (Å²) < 4.78 is 19.7. The van der Waals surface area contributed by atoms with Gasteiger partial charge in [-0.2, -0.15) is 0 Å². The molecule has 61 heavy (non-hydrogen) atoms. The number of aryl methyl sites for hydroxylation is 1. The van der Waals surface area contributed by atoms with Crippen LogP contribution in [0, 0.1) is 10.1 Å². The summed E-state index contributed by atoms with van der Waals surface area (Å²) in [4.78, 5) is 81.2. The van der Waals surface area contributed by atoms with Crippen LogP contribution in [0.5, 0.6) is 11.5 Å². The van der Waals surface area contributed by atoms with Crippen LogP contribution in [0.4, 0.5) is 27.7 Å². The number of nitrogens with one attached hydrogen (secondary N) is 2. The van der Waals surface area contributed by atoms with E-state index in [-0.39, 0.29) is 72.2 Å². The van der Waals surface area contributed by atoms with Gasteiger partial charge in [-0.25, -0.2) is 9.69 Å². The van der Waals surface area contributed by atoms with Crippen molar-refractivity contribution in [1.82, 2.24) is 14.4 Å². The zero-order chi connectivity index (χ0) is 43.5. The Labute approximate surface area is 353 Å². The maximum Gasteiger partial charge on any atom is 0.416 e. The average Bonchev–Trinajstić information content (AvgIpc) is 3.99. The highest BCUT2D eigenvalue weighted by atomic mass is 32.1. The number of carbonyl (C=O) groups is 5. The normalized spacial score (nSPS) is 15.7. The SMILES string of the molecule is COc1cc2c(cc1OCCCC(=O)Nc1cc(C(=O)Nc3ccc4sc(C(=O)N(C)C)cc4c3)cn1C)N(C(=O)OCc1ccc([N+](=O)[O-])cc1)C(O)C1CCCN1C2=O. The van der Waals surface area contributed by atoms with Crippen LogP contribution in [-0.2, 0) is 23.2 Å². The van der Waals surface area contributed by atoms with Gasteiger partial charge in [-0.15, -0.1) is 11.3 Å². The zero-order valence-electron chi connectivity index (χ0n) is 33.7. The molecule has 19 heteroatoms. The number of amides is 5. The summed E-state index contributed by atoms with van der Waals surface area (Å²) in [5, 5.41) is 29.1. The Hall–Kier alpha value is -6.99. The van der Waals surface area contributed by atoms with E-state index >= 15 is 0 Å². The summed E-state index contributed by atoms with van der Waals surface area (Å²) in [6.07, 6.45) is 0.534. The lowest BCUT2D eigenvalue weighted by Crippen LogP contribution is -2.50. The highest BCUT2D eigenvalue weighted by Gasteiger charge is 2.45. The van der Waals surface area contributed by atoms with Crippen molar-refractivity contribution in [3.05, 3.63) is 105 Å². The van der Waals surface area contributed by atoms with Crippen LogP contribution in [-0.4, -0.2) is 101 Å². The molecule has 318 valence electrons. The fourth-order valence-corrected chi connectivity index (χ4v) is 8.30. The molecule has 0 spiro atoms. The third-order valence-electron chi connectivity index (χ3n) is 10.4. The summed E-state index contributed by atoms with van der Waals surface area (Å²) in [6.45, 7) is 0.145. The first kappa shape index (κ1) is 42.1. The number of hydrogen-bond acceptors (Lipinski definition) is 12. The van der Waals surface area contributed by atoms with Crippen molar-refractivity contribution in [2.24, 2.45) is 7.05 Å². The fraction of sp³-hybridized carbons (Fsp3) is 0.310. The van der Waals surface area contributed by atoms with E-state index in [9.17, 15) is 39.2 Å². The molecule has 5 amide bonds. The molecule has 3 N–H and O–H groups in total. The zero-order valence-corrected chi connectivity index (χ0v) is 34.5. The molecule has 2 atom stereocenters. The van der Waals surface area contributed by atoms with Gasteiger partial charge in [0, 0.05) is 68.9 Å². The van der Waals surface area contributed by atoms with E-state index in [4.69, 9.17) is 14.2 Å². The van der Waals surface area contributed by atoms with E-state index in [2.05, 4.69) is 10.6 Å². The molecule has 4 heterocycles.